The predicted molar refractivity (Wildman–Crippen MR) is 149 cm³/mol. The molecule has 3 amide bonds. The molecule has 0 aromatic heterocycles. The zero-order chi connectivity index (χ0) is 27.2. The molecule has 0 heterocycles. The van der Waals surface area contributed by atoms with Crippen molar-refractivity contribution in [3.05, 3.63) is 60.7 Å². The Morgan fingerprint density at radius 1 is 1.00 bits per heavy atom. The van der Waals surface area contributed by atoms with Gasteiger partial charge in [-0.25, -0.2) is 14.5 Å². The van der Waals surface area contributed by atoms with Gasteiger partial charge in [0.1, 0.15) is 23.4 Å². The molecule has 0 aliphatic carbocycles. The Kier molecular flexibility index (Phi) is 10.5. The fourth-order valence-corrected chi connectivity index (χ4v) is 5.26. The van der Waals surface area contributed by atoms with Crippen molar-refractivity contribution in [3.8, 4) is 5.75 Å². The molecular formula is C25H28I2N2O7. The van der Waals surface area contributed by atoms with Crippen LogP contribution >= 0.6 is 45.2 Å². The van der Waals surface area contributed by atoms with Crippen LogP contribution in [0.2, 0.25) is 0 Å². The molecule has 3 N–H and O–H groups in total. The van der Waals surface area contributed by atoms with Crippen LogP contribution in [0, 0.1) is 7.14 Å². The first-order chi connectivity index (χ1) is 16.7. The fourth-order valence-electron chi connectivity index (χ4n) is 3.36. The molecule has 9 nitrogen and oxygen atoms in total. The summed E-state index contributed by atoms with van der Waals surface area (Å²) in [5.74, 6) is -2.72. The third-order valence-corrected chi connectivity index (χ3v) is 6.59. The van der Waals surface area contributed by atoms with Crippen LogP contribution in [0.1, 0.15) is 38.8 Å². The van der Waals surface area contributed by atoms with E-state index in [0.29, 0.717) is 18.3 Å². The summed E-state index contributed by atoms with van der Waals surface area (Å²) in [4.78, 5) is 51.6. The highest BCUT2D eigenvalue weighted by atomic mass is 127. The molecule has 2 aromatic carbocycles. The van der Waals surface area contributed by atoms with Gasteiger partial charge in [-0.1, -0.05) is 30.3 Å². The Balaban J connectivity index is 2.40. The maximum atomic E-state index is 13.4. The molecule has 0 radical (unpaired) electrons. The third-order valence-electron chi connectivity index (χ3n) is 4.95. The third kappa shape index (κ3) is 8.61. The lowest BCUT2D eigenvalue weighted by Crippen LogP contribution is -2.56. The van der Waals surface area contributed by atoms with E-state index >= 15 is 0 Å². The van der Waals surface area contributed by atoms with Crippen LogP contribution in [0.4, 0.5) is 4.79 Å². The Bertz CT molecular complexity index is 1110. The number of phenolic OH excluding ortho intramolecular Hbond substituents is 1. The summed E-state index contributed by atoms with van der Waals surface area (Å²) in [6, 6.07) is 9.34. The molecular weight excluding hydrogens is 694 g/mol. The van der Waals surface area contributed by atoms with E-state index in [-0.39, 0.29) is 18.6 Å². The van der Waals surface area contributed by atoms with Crippen molar-refractivity contribution in [1.29, 1.82) is 0 Å². The lowest BCUT2D eigenvalue weighted by molar-refractivity contribution is -0.143. The lowest BCUT2D eigenvalue weighted by Gasteiger charge is -2.31. The van der Waals surface area contributed by atoms with Crippen LogP contribution in [-0.4, -0.2) is 56.7 Å². The number of amides is 3. The minimum absolute atomic E-state index is 0.0349. The van der Waals surface area contributed by atoms with E-state index in [1.807, 2.05) is 45.2 Å². The van der Waals surface area contributed by atoms with Crippen molar-refractivity contribution < 1.29 is 34.1 Å². The summed E-state index contributed by atoms with van der Waals surface area (Å²) in [6.07, 6.45) is -1.11. The number of carboxylic acids is 1. The molecule has 194 valence electrons. The monoisotopic (exact) mass is 722 g/mol. The highest BCUT2D eigenvalue weighted by Crippen LogP contribution is 2.28. The number of aliphatic carboxylic acids is 1. The minimum atomic E-state index is -1.35. The summed E-state index contributed by atoms with van der Waals surface area (Å²) in [6.45, 7) is 6.05. The molecule has 0 aliphatic heterocycles. The number of rotatable bonds is 8. The van der Waals surface area contributed by atoms with Gasteiger partial charge in [0.2, 0.25) is 11.8 Å². The van der Waals surface area contributed by atoms with Crippen molar-refractivity contribution in [3.63, 3.8) is 0 Å². The maximum absolute atomic E-state index is 13.4. The van der Waals surface area contributed by atoms with Crippen LogP contribution < -0.4 is 5.32 Å². The summed E-state index contributed by atoms with van der Waals surface area (Å²) >= 11 is 3.87. The summed E-state index contributed by atoms with van der Waals surface area (Å²) in [5.41, 5.74) is 0.335. The first kappa shape index (κ1) is 29.8. The van der Waals surface area contributed by atoms with Gasteiger partial charge in [-0.2, -0.15) is 0 Å². The number of nitrogens with one attached hydrogen (secondary N) is 1. The largest absolute Gasteiger partial charge is 0.506 e. The molecule has 36 heavy (non-hydrogen) atoms. The zero-order valence-electron chi connectivity index (χ0n) is 20.2. The van der Waals surface area contributed by atoms with Crippen molar-refractivity contribution in [2.75, 3.05) is 0 Å². The van der Waals surface area contributed by atoms with Crippen LogP contribution in [0.15, 0.2) is 42.5 Å². The van der Waals surface area contributed by atoms with E-state index in [4.69, 9.17) is 4.74 Å². The number of benzene rings is 2. The van der Waals surface area contributed by atoms with Gasteiger partial charge in [0.05, 0.1) is 7.14 Å². The van der Waals surface area contributed by atoms with E-state index in [2.05, 4.69) is 5.32 Å². The smallest absolute Gasteiger partial charge is 0.417 e. The Morgan fingerprint density at radius 3 is 2.03 bits per heavy atom. The van der Waals surface area contributed by atoms with Crippen molar-refractivity contribution >= 4 is 69.1 Å². The minimum Gasteiger partial charge on any atom is -0.506 e. The summed E-state index contributed by atoms with van der Waals surface area (Å²) in [7, 11) is 0. The summed E-state index contributed by atoms with van der Waals surface area (Å²) < 4.78 is 6.44. The number of halogens is 2. The molecule has 0 aliphatic rings. The Labute approximate surface area is 236 Å². The van der Waals surface area contributed by atoms with E-state index in [9.17, 15) is 29.4 Å². The number of carboxylic acid groups (broad SMARTS) is 1. The number of hydrogen-bond donors (Lipinski definition) is 3. The number of aromatic hydroxyl groups is 1. The second-order valence-electron chi connectivity index (χ2n) is 9.09. The van der Waals surface area contributed by atoms with E-state index < -0.39 is 41.6 Å². The highest BCUT2D eigenvalue weighted by molar-refractivity contribution is 14.1. The first-order valence-corrected chi connectivity index (χ1v) is 13.1. The van der Waals surface area contributed by atoms with Gasteiger partial charge in [-0.3, -0.25) is 9.59 Å². The fraction of sp³-hybridized carbons (Fsp3) is 0.360. The first-order valence-electron chi connectivity index (χ1n) is 11.0. The molecule has 0 spiro atoms. The van der Waals surface area contributed by atoms with Crippen LogP contribution in [0.5, 0.6) is 5.75 Å². The van der Waals surface area contributed by atoms with Crippen LogP contribution in [-0.2, 0) is 32.0 Å². The zero-order valence-corrected chi connectivity index (χ0v) is 24.6. The number of hydrogen-bond acceptors (Lipinski definition) is 6. The van der Waals surface area contributed by atoms with E-state index in [0.717, 1.165) is 11.8 Å². The van der Waals surface area contributed by atoms with Gasteiger partial charge in [0, 0.05) is 19.8 Å². The van der Waals surface area contributed by atoms with Gasteiger partial charge in [0.15, 0.2) is 0 Å². The normalized spacial score (nSPS) is 12.8. The Hall–Kier alpha value is -2.42. The summed E-state index contributed by atoms with van der Waals surface area (Å²) in [5, 5.41) is 22.3. The van der Waals surface area contributed by atoms with E-state index in [1.165, 1.54) is 0 Å². The number of ether oxygens (including phenoxy) is 1. The molecule has 0 unspecified atom stereocenters. The number of nitrogens with zero attached hydrogens (tertiary/aromatic N) is 1. The molecule has 2 aromatic rings. The lowest BCUT2D eigenvalue weighted by atomic mass is 10.0. The number of carbonyl (C=O) groups excluding carboxylic acids is 3. The Morgan fingerprint density at radius 2 is 1.56 bits per heavy atom. The molecule has 0 saturated carbocycles. The van der Waals surface area contributed by atoms with Crippen molar-refractivity contribution in [2.24, 2.45) is 0 Å². The van der Waals surface area contributed by atoms with Gasteiger partial charge < -0.3 is 20.3 Å². The number of carbonyl (C=O) groups is 4. The molecule has 0 fully saturated rings. The quantitative estimate of drug-likeness (QED) is 0.350. The maximum Gasteiger partial charge on any atom is 0.417 e. The second-order valence-corrected chi connectivity index (χ2v) is 11.4. The molecule has 0 saturated heterocycles. The standard InChI is InChI=1S/C25H28I2N2O7/c1-14(30)29(24(35)36-25(2,3)4)20(13-15-8-6-5-7-9-15)22(32)28-19(23(33)34)12-16-10-17(26)21(31)18(27)11-16/h5-11,19-20,31H,12-13H2,1-4H3,(H,28,32)(H,33,34)/t19-,20-/m0/s1. The predicted octanol–water partition coefficient (Wildman–Crippen LogP) is 4.11. The number of phenols is 1. The van der Waals surface area contributed by atoms with Crippen LogP contribution in [0.25, 0.3) is 0 Å². The van der Waals surface area contributed by atoms with E-state index in [1.54, 1.807) is 63.2 Å². The van der Waals surface area contributed by atoms with Gasteiger partial charge in [0.25, 0.3) is 0 Å². The second kappa shape index (κ2) is 12.7. The average Bonchev–Trinajstić information content (AvgIpc) is 2.75. The topological polar surface area (TPSA) is 133 Å². The van der Waals surface area contributed by atoms with Gasteiger partial charge in [-0.15, -0.1) is 0 Å². The molecule has 2 atom stereocenters. The highest BCUT2D eigenvalue weighted by Gasteiger charge is 2.37. The SMILES string of the molecule is CC(=O)N(C(=O)OC(C)(C)C)[C@@H](Cc1ccccc1)C(=O)N[C@@H](Cc1cc(I)c(O)c(I)c1)C(=O)O. The molecule has 0 bridgehead atoms. The average molecular weight is 722 g/mol. The van der Waals surface area contributed by atoms with Gasteiger partial charge in [-0.05, 0) is 89.2 Å². The molecule has 11 heteroatoms. The number of imide groups is 1. The van der Waals surface area contributed by atoms with Gasteiger partial charge >= 0.3 is 12.1 Å². The van der Waals surface area contributed by atoms with Crippen molar-refractivity contribution in [1.82, 2.24) is 10.2 Å². The van der Waals surface area contributed by atoms with Crippen molar-refractivity contribution in [2.45, 2.75) is 58.2 Å². The molecule has 2 rings (SSSR count). The van der Waals surface area contributed by atoms with Crippen LogP contribution in [0.3, 0.4) is 0 Å².